The number of carbonyl (C=O) groups excluding carboxylic acids is 2. The smallest absolute Gasteiger partial charge is 0.258 e. The van der Waals surface area contributed by atoms with E-state index in [0.29, 0.717) is 24.2 Å². The SMILES string of the molecule is CCC(=O)N(c1ccccc1)[C@H]1C[C@@H](C)N(C(=O)c2ccc(OCC(C)(C)O)cc2)c2ccccc21. The van der Waals surface area contributed by atoms with E-state index in [1.165, 1.54) is 0 Å². The van der Waals surface area contributed by atoms with E-state index in [4.69, 9.17) is 4.74 Å². The fourth-order valence-corrected chi connectivity index (χ4v) is 4.69. The molecule has 3 aromatic rings. The molecule has 1 aliphatic heterocycles. The summed E-state index contributed by atoms with van der Waals surface area (Å²) in [4.78, 5) is 30.5. The number of fused-ring (bicyclic) bond motifs is 1. The molecule has 4 rings (SSSR count). The molecule has 188 valence electrons. The molecule has 0 saturated heterocycles. The zero-order chi connectivity index (χ0) is 25.9. The van der Waals surface area contributed by atoms with Gasteiger partial charge in [-0.15, -0.1) is 0 Å². The summed E-state index contributed by atoms with van der Waals surface area (Å²) in [6, 6.07) is 24.3. The van der Waals surface area contributed by atoms with Gasteiger partial charge in [-0.25, -0.2) is 0 Å². The Balaban J connectivity index is 1.65. The van der Waals surface area contributed by atoms with Crippen molar-refractivity contribution in [2.24, 2.45) is 0 Å². The molecule has 6 nitrogen and oxygen atoms in total. The highest BCUT2D eigenvalue weighted by molar-refractivity contribution is 6.07. The predicted octanol–water partition coefficient (Wildman–Crippen LogP) is 5.76. The molecule has 0 aliphatic carbocycles. The molecule has 0 bridgehead atoms. The van der Waals surface area contributed by atoms with Gasteiger partial charge in [0.1, 0.15) is 12.4 Å². The Morgan fingerprint density at radius 2 is 1.64 bits per heavy atom. The zero-order valence-corrected chi connectivity index (χ0v) is 21.3. The molecule has 0 radical (unpaired) electrons. The number of anilines is 2. The number of hydrogen-bond acceptors (Lipinski definition) is 4. The molecular weight excluding hydrogens is 452 g/mol. The summed E-state index contributed by atoms with van der Waals surface area (Å²) in [6.07, 6.45) is 1.02. The summed E-state index contributed by atoms with van der Waals surface area (Å²) >= 11 is 0. The standard InChI is InChI=1S/C30H34N2O4/c1-5-28(33)32(23-11-7-6-8-12-23)27-19-21(2)31(26-14-10-9-13-25(26)27)29(34)22-15-17-24(18-16-22)36-20-30(3,4)35/h6-18,21,27,35H,5,19-20H2,1-4H3/t21-,27+/m1/s1. The molecule has 1 heterocycles. The summed E-state index contributed by atoms with van der Waals surface area (Å²) in [5.41, 5.74) is 2.25. The van der Waals surface area contributed by atoms with Gasteiger partial charge in [-0.05, 0) is 75.2 Å². The number of benzene rings is 3. The number of carbonyl (C=O) groups is 2. The van der Waals surface area contributed by atoms with Gasteiger partial charge in [-0.2, -0.15) is 0 Å². The number of para-hydroxylation sites is 2. The Morgan fingerprint density at radius 1 is 1.00 bits per heavy atom. The molecule has 1 aliphatic rings. The van der Waals surface area contributed by atoms with Crippen molar-refractivity contribution in [1.29, 1.82) is 0 Å². The van der Waals surface area contributed by atoms with E-state index in [9.17, 15) is 14.7 Å². The van der Waals surface area contributed by atoms with Gasteiger partial charge in [0.25, 0.3) is 5.91 Å². The van der Waals surface area contributed by atoms with E-state index in [0.717, 1.165) is 16.9 Å². The minimum Gasteiger partial charge on any atom is -0.491 e. The van der Waals surface area contributed by atoms with Crippen molar-refractivity contribution >= 4 is 23.2 Å². The third-order valence-corrected chi connectivity index (χ3v) is 6.39. The first kappa shape index (κ1) is 25.5. The average Bonchev–Trinajstić information content (AvgIpc) is 2.87. The number of hydrogen-bond donors (Lipinski definition) is 1. The quantitative estimate of drug-likeness (QED) is 0.461. The van der Waals surface area contributed by atoms with Crippen molar-refractivity contribution in [2.45, 2.75) is 58.2 Å². The van der Waals surface area contributed by atoms with E-state index in [-0.39, 0.29) is 30.5 Å². The fourth-order valence-electron chi connectivity index (χ4n) is 4.69. The maximum absolute atomic E-state index is 13.7. The number of aliphatic hydroxyl groups is 1. The van der Waals surface area contributed by atoms with Gasteiger partial charge in [-0.1, -0.05) is 43.3 Å². The van der Waals surface area contributed by atoms with Gasteiger partial charge in [-0.3, -0.25) is 9.59 Å². The van der Waals surface area contributed by atoms with Crippen LogP contribution in [0.15, 0.2) is 78.9 Å². The molecule has 2 atom stereocenters. The van der Waals surface area contributed by atoms with Crippen molar-refractivity contribution in [1.82, 2.24) is 0 Å². The summed E-state index contributed by atoms with van der Waals surface area (Å²) < 4.78 is 5.63. The first-order valence-corrected chi connectivity index (χ1v) is 12.4. The summed E-state index contributed by atoms with van der Waals surface area (Å²) in [7, 11) is 0. The molecular formula is C30H34N2O4. The van der Waals surface area contributed by atoms with Crippen LogP contribution in [0, 0.1) is 0 Å². The third-order valence-electron chi connectivity index (χ3n) is 6.39. The van der Waals surface area contributed by atoms with Gasteiger partial charge in [0, 0.05) is 29.4 Å². The van der Waals surface area contributed by atoms with Crippen molar-refractivity contribution in [3.63, 3.8) is 0 Å². The maximum Gasteiger partial charge on any atom is 0.258 e. The minimum atomic E-state index is -0.940. The molecule has 0 aromatic heterocycles. The average molecular weight is 487 g/mol. The lowest BCUT2D eigenvalue weighted by molar-refractivity contribution is -0.118. The topological polar surface area (TPSA) is 70.1 Å². The monoisotopic (exact) mass is 486 g/mol. The lowest BCUT2D eigenvalue weighted by Gasteiger charge is -2.43. The molecule has 3 aromatic carbocycles. The molecule has 0 spiro atoms. The van der Waals surface area contributed by atoms with E-state index in [1.807, 2.05) is 78.2 Å². The Labute approximate surface area is 213 Å². The minimum absolute atomic E-state index is 0.0506. The number of amides is 2. The highest BCUT2D eigenvalue weighted by Crippen LogP contribution is 2.43. The maximum atomic E-state index is 13.7. The van der Waals surface area contributed by atoms with Crippen LogP contribution in [-0.2, 0) is 4.79 Å². The van der Waals surface area contributed by atoms with Gasteiger partial charge in [0.2, 0.25) is 5.91 Å². The molecule has 0 saturated carbocycles. The van der Waals surface area contributed by atoms with Crippen LogP contribution in [0.3, 0.4) is 0 Å². The van der Waals surface area contributed by atoms with Crippen LogP contribution in [0.4, 0.5) is 11.4 Å². The zero-order valence-electron chi connectivity index (χ0n) is 21.3. The highest BCUT2D eigenvalue weighted by atomic mass is 16.5. The van der Waals surface area contributed by atoms with Gasteiger partial charge in [0.05, 0.1) is 11.6 Å². The largest absolute Gasteiger partial charge is 0.491 e. The van der Waals surface area contributed by atoms with Crippen LogP contribution in [-0.4, -0.2) is 35.2 Å². The van der Waals surface area contributed by atoms with Crippen LogP contribution in [0.25, 0.3) is 0 Å². The van der Waals surface area contributed by atoms with Crippen molar-refractivity contribution in [2.75, 3.05) is 16.4 Å². The Hall–Kier alpha value is -3.64. The number of rotatable bonds is 7. The second-order valence-electron chi connectivity index (χ2n) is 9.91. The van der Waals surface area contributed by atoms with Crippen LogP contribution < -0.4 is 14.5 Å². The normalized spacial score (nSPS) is 17.3. The first-order valence-electron chi connectivity index (χ1n) is 12.4. The summed E-state index contributed by atoms with van der Waals surface area (Å²) in [5, 5.41) is 9.89. The molecule has 0 unspecified atom stereocenters. The van der Waals surface area contributed by atoms with Crippen LogP contribution in [0.2, 0.25) is 0 Å². The van der Waals surface area contributed by atoms with Crippen LogP contribution in [0.1, 0.15) is 62.5 Å². The lowest BCUT2D eigenvalue weighted by atomic mass is 9.89. The highest BCUT2D eigenvalue weighted by Gasteiger charge is 2.38. The van der Waals surface area contributed by atoms with E-state index >= 15 is 0 Å². The van der Waals surface area contributed by atoms with Gasteiger partial charge < -0.3 is 19.6 Å². The number of ether oxygens (including phenoxy) is 1. The van der Waals surface area contributed by atoms with Crippen molar-refractivity contribution in [3.8, 4) is 5.75 Å². The van der Waals surface area contributed by atoms with Gasteiger partial charge in [0.15, 0.2) is 0 Å². The van der Waals surface area contributed by atoms with E-state index < -0.39 is 5.60 Å². The van der Waals surface area contributed by atoms with E-state index in [2.05, 4.69) is 0 Å². The van der Waals surface area contributed by atoms with Crippen LogP contribution in [0.5, 0.6) is 5.75 Å². The Bertz CT molecular complexity index is 1200. The second kappa shape index (κ2) is 10.5. The van der Waals surface area contributed by atoms with Gasteiger partial charge >= 0.3 is 0 Å². The fraction of sp³-hybridized carbons (Fsp3) is 0.333. The Morgan fingerprint density at radius 3 is 2.28 bits per heavy atom. The second-order valence-corrected chi connectivity index (χ2v) is 9.91. The first-order chi connectivity index (χ1) is 17.2. The van der Waals surface area contributed by atoms with Crippen molar-refractivity contribution in [3.05, 3.63) is 90.0 Å². The molecule has 2 amide bonds. The molecule has 36 heavy (non-hydrogen) atoms. The predicted molar refractivity (Wildman–Crippen MR) is 143 cm³/mol. The van der Waals surface area contributed by atoms with Crippen molar-refractivity contribution < 1.29 is 19.4 Å². The Kier molecular flexibility index (Phi) is 7.45. The molecule has 6 heteroatoms. The third kappa shape index (κ3) is 5.44. The molecule has 0 fully saturated rings. The molecule has 1 N–H and O–H groups in total. The lowest BCUT2D eigenvalue weighted by Crippen LogP contribution is -2.47. The summed E-state index contributed by atoms with van der Waals surface area (Å²) in [5.74, 6) is 0.544. The number of nitrogens with zero attached hydrogens (tertiary/aromatic N) is 2. The van der Waals surface area contributed by atoms with E-state index in [1.54, 1.807) is 38.1 Å². The van der Waals surface area contributed by atoms with Crippen LogP contribution >= 0.6 is 0 Å². The summed E-state index contributed by atoms with van der Waals surface area (Å²) in [6.45, 7) is 7.43.